The van der Waals surface area contributed by atoms with Gasteiger partial charge in [-0.2, -0.15) is 11.8 Å². The van der Waals surface area contributed by atoms with Gasteiger partial charge in [0.05, 0.1) is 18.9 Å². The van der Waals surface area contributed by atoms with Crippen LogP contribution in [0.25, 0.3) is 0 Å². The van der Waals surface area contributed by atoms with Crippen molar-refractivity contribution in [1.29, 1.82) is 0 Å². The highest BCUT2D eigenvalue weighted by Crippen LogP contribution is 2.21. The molecule has 2 rings (SSSR count). The molecule has 0 spiro atoms. The van der Waals surface area contributed by atoms with Gasteiger partial charge in [-0.05, 0) is 36.6 Å². The molecule has 3 nitrogen and oxygen atoms in total. The molecule has 1 aliphatic heterocycles. The fraction of sp³-hybridized carbons (Fsp3) is 0.733. The van der Waals surface area contributed by atoms with Crippen molar-refractivity contribution in [2.45, 2.75) is 38.8 Å². The average molecular weight is 283 g/mol. The lowest BCUT2D eigenvalue weighted by molar-refractivity contribution is 0.0818. The first-order valence-corrected chi connectivity index (χ1v) is 8.36. The minimum absolute atomic E-state index is 0.178. The van der Waals surface area contributed by atoms with Crippen LogP contribution >= 0.6 is 11.8 Å². The maximum absolute atomic E-state index is 5.79. The summed E-state index contributed by atoms with van der Waals surface area (Å²) < 4.78 is 11.3. The molecule has 19 heavy (non-hydrogen) atoms. The van der Waals surface area contributed by atoms with Crippen LogP contribution in [0.15, 0.2) is 22.8 Å². The molecule has 0 unspecified atom stereocenters. The molecular formula is C15H25NO2S. The lowest BCUT2D eigenvalue weighted by Gasteiger charge is -2.27. The number of ether oxygens (including phenoxy) is 1. The summed E-state index contributed by atoms with van der Waals surface area (Å²) in [6, 6.07) is 4.74. The standard InChI is InChI=1S/C15H25NO2S/c1-12(2)9-17-10-14(15-6-3-7-18-15)16-13-5-4-8-19-11-13/h3,6-7,12-14,16H,4-5,8-11H2,1-2H3/t13-,14-/m0/s1. The molecule has 1 aromatic rings. The zero-order valence-corrected chi connectivity index (χ0v) is 12.7. The molecule has 108 valence electrons. The highest BCUT2D eigenvalue weighted by molar-refractivity contribution is 7.99. The third kappa shape index (κ3) is 5.21. The molecule has 4 heteroatoms. The Balaban J connectivity index is 1.86. The second-order valence-electron chi connectivity index (χ2n) is 5.58. The summed E-state index contributed by atoms with van der Waals surface area (Å²) in [5.74, 6) is 4.05. The number of nitrogens with one attached hydrogen (secondary N) is 1. The molecule has 1 aliphatic rings. The summed E-state index contributed by atoms with van der Waals surface area (Å²) in [6.45, 7) is 5.84. The molecular weight excluding hydrogens is 258 g/mol. The molecule has 0 saturated carbocycles. The molecule has 0 aliphatic carbocycles. The number of furan rings is 1. The second kappa shape index (κ2) is 7.98. The van der Waals surface area contributed by atoms with Gasteiger partial charge in [0.1, 0.15) is 5.76 Å². The lowest BCUT2D eigenvalue weighted by atomic mass is 10.1. The number of hydrogen-bond acceptors (Lipinski definition) is 4. The van der Waals surface area contributed by atoms with E-state index < -0.39 is 0 Å². The predicted molar refractivity (Wildman–Crippen MR) is 80.6 cm³/mol. The first-order valence-electron chi connectivity index (χ1n) is 7.20. The lowest BCUT2D eigenvalue weighted by Crippen LogP contribution is -2.38. The minimum atomic E-state index is 0.178. The molecule has 2 heterocycles. The van der Waals surface area contributed by atoms with Gasteiger partial charge < -0.3 is 14.5 Å². The Kier molecular flexibility index (Phi) is 6.28. The quantitative estimate of drug-likeness (QED) is 0.831. The smallest absolute Gasteiger partial charge is 0.123 e. The van der Waals surface area contributed by atoms with Gasteiger partial charge in [-0.25, -0.2) is 0 Å². The van der Waals surface area contributed by atoms with Crippen molar-refractivity contribution >= 4 is 11.8 Å². The molecule has 0 bridgehead atoms. The maximum atomic E-state index is 5.79. The van der Waals surface area contributed by atoms with Gasteiger partial charge in [0.2, 0.25) is 0 Å². The van der Waals surface area contributed by atoms with E-state index in [9.17, 15) is 0 Å². The highest BCUT2D eigenvalue weighted by Gasteiger charge is 2.21. The second-order valence-corrected chi connectivity index (χ2v) is 6.73. The van der Waals surface area contributed by atoms with Crippen LogP contribution in [0.5, 0.6) is 0 Å². The predicted octanol–water partition coefficient (Wildman–Crippen LogP) is 3.48. The Labute approximate surface area is 120 Å². The van der Waals surface area contributed by atoms with Crippen molar-refractivity contribution in [3.05, 3.63) is 24.2 Å². The van der Waals surface area contributed by atoms with Crippen LogP contribution in [-0.2, 0) is 4.74 Å². The van der Waals surface area contributed by atoms with Crippen LogP contribution in [-0.4, -0.2) is 30.8 Å². The van der Waals surface area contributed by atoms with E-state index >= 15 is 0 Å². The summed E-state index contributed by atoms with van der Waals surface area (Å²) in [4.78, 5) is 0. The Morgan fingerprint density at radius 2 is 2.37 bits per heavy atom. The zero-order chi connectivity index (χ0) is 13.5. The summed E-state index contributed by atoms with van der Waals surface area (Å²) in [5.41, 5.74) is 0. The number of hydrogen-bond donors (Lipinski definition) is 1. The molecule has 1 saturated heterocycles. The molecule has 0 amide bonds. The van der Waals surface area contributed by atoms with Gasteiger partial charge in [0.25, 0.3) is 0 Å². The summed E-state index contributed by atoms with van der Waals surface area (Å²) >= 11 is 2.04. The van der Waals surface area contributed by atoms with E-state index in [-0.39, 0.29) is 6.04 Å². The van der Waals surface area contributed by atoms with Crippen LogP contribution in [0.4, 0.5) is 0 Å². The summed E-state index contributed by atoms with van der Waals surface area (Å²) in [6.07, 6.45) is 4.30. The zero-order valence-electron chi connectivity index (χ0n) is 11.9. The molecule has 2 atom stereocenters. The first-order chi connectivity index (χ1) is 9.25. The fourth-order valence-corrected chi connectivity index (χ4v) is 3.37. The van der Waals surface area contributed by atoms with E-state index in [1.807, 2.05) is 23.9 Å². The van der Waals surface area contributed by atoms with Crippen LogP contribution in [0.1, 0.15) is 38.5 Å². The molecule has 0 radical (unpaired) electrons. The van der Waals surface area contributed by atoms with Crippen LogP contribution in [0.3, 0.4) is 0 Å². The number of thioether (sulfide) groups is 1. The molecule has 1 N–H and O–H groups in total. The van der Waals surface area contributed by atoms with Crippen LogP contribution in [0.2, 0.25) is 0 Å². The normalized spacial score (nSPS) is 21.7. The van der Waals surface area contributed by atoms with Gasteiger partial charge in [-0.1, -0.05) is 13.8 Å². The van der Waals surface area contributed by atoms with Gasteiger partial charge >= 0.3 is 0 Å². The van der Waals surface area contributed by atoms with Crippen molar-refractivity contribution in [2.75, 3.05) is 24.7 Å². The Bertz CT molecular complexity index is 334. The third-order valence-corrected chi connectivity index (χ3v) is 4.43. The Morgan fingerprint density at radius 3 is 3.00 bits per heavy atom. The van der Waals surface area contributed by atoms with Gasteiger partial charge in [-0.3, -0.25) is 0 Å². The van der Waals surface area contributed by atoms with E-state index in [0.717, 1.165) is 12.4 Å². The Morgan fingerprint density at radius 1 is 1.47 bits per heavy atom. The van der Waals surface area contributed by atoms with Crippen molar-refractivity contribution in [3.8, 4) is 0 Å². The molecule has 0 aromatic carbocycles. The van der Waals surface area contributed by atoms with Crippen LogP contribution < -0.4 is 5.32 Å². The van der Waals surface area contributed by atoms with Crippen molar-refractivity contribution in [2.24, 2.45) is 5.92 Å². The minimum Gasteiger partial charge on any atom is -0.468 e. The van der Waals surface area contributed by atoms with Gasteiger partial charge in [-0.15, -0.1) is 0 Å². The third-order valence-electron chi connectivity index (χ3n) is 3.22. The van der Waals surface area contributed by atoms with Gasteiger partial charge in [0.15, 0.2) is 0 Å². The molecule has 1 fully saturated rings. The first kappa shape index (κ1) is 14.9. The van der Waals surface area contributed by atoms with E-state index in [2.05, 4.69) is 19.2 Å². The van der Waals surface area contributed by atoms with Crippen molar-refractivity contribution in [1.82, 2.24) is 5.32 Å². The summed E-state index contributed by atoms with van der Waals surface area (Å²) in [5, 5.41) is 3.69. The summed E-state index contributed by atoms with van der Waals surface area (Å²) in [7, 11) is 0. The topological polar surface area (TPSA) is 34.4 Å². The number of rotatable bonds is 7. The SMILES string of the molecule is CC(C)COC[C@H](N[C@H]1CCCSC1)c1ccco1. The van der Waals surface area contributed by atoms with E-state index in [0.29, 0.717) is 18.6 Å². The van der Waals surface area contributed by atoms with E-state index in [1.165, 1.54) is 24.3 Å². The Hall–Kier alpha value is -0.450. The van der Waals surface area contributed by atoms with E-state index in [4.69, 9.17) is 9.15 Å². The molecule has 1 aromatic heterocycles. The highest BCUT2D eigenvalue weighted by atomic mass is 32.2. The van der Waals surface area contributed by atoms with Crippen molar-refractivity contribution in [3.63, 3.8) is 0 Å². The fourth-order valence-electron chi connectivity index (χ4n) is 2.28. The largest absolute Gasteiger partial charge is 0.468 e. The van der Waals surface area contributed by atoms with Crippen LogP contribution in [0, 0.1) is 5.92 Å². The van der Waals surface area contributed by atoms with Gasteiger partial charge in [0, 0.05) is 18.4 Å². The average Bonchev–Trinajstić information content (AvgIpc) is 2.92. The monoisotopic (exact) mass is 283 g/mol. The maximum Gasteiger partial charge on any atom is 0.123 e. The van der Waals surface area contributed by atoms with Crippen molar-refractivity contribution < 1.29 is 9.15 Å². The van der Waals surface area contributed by atoms with E-state index in [1.54, 1.807) is 6.26 Å².